The van der Waals surface area contributed by atoms with Crippen LogP contribution in [0.3, 0.4) is 0 Å². The Balaban J connectivity index is 1.45. The van der Waals surface area contributed by atoms with Gasteiger partial charge in [-0.15, -0.1) is 11.8 Å². The van der Waals surface area contributed by atoms with Gasteiger partial charge in [0.2, 0.25) is 11.2 Å². The number of rotatable bonds is 9. The zero-order valence-corrected chi connectivity index (χ0v) is 28.9. The summed E-state index contributed by atoms with van der Waals surface area (Å²) in [7, 11) is -3.33. The highest BCUT2D eigenvalue weighted by Gasteiger charge is 2.71. The van der Waals surface area contributed by atoms with Crippen LogP contribution >= 0.6 is 19.5 Å². The second-order valence-corrected chi connectivity index (χ2v) is 15.2. The summed E-state index contributed by atoms with van der Waals surface area (Å²) in [5.74, 6) is -4.07. The number of pyridine rings is 1. The van der Waals surface area contributed by atoms with Crippen LogP contribution < -0.4 is 20.0 Å². The minimum Gasteiger partial charge on any atom is -0.468 e. The second-order valence-electron chi connectivity index (χ2n) is 12.5. The van der Waals surface area contributed by atoms with Crippen LogP contribution in [0.4, 0.5) is 8.78 Å². The van der Waals surface area contributed by atoms with Gasteiger partial charge in [-0.3, -0.25) is 28.6 Å². The van der Waals surface area contributed by atoms with Crippen LogP contribution in [0.2, 0.25) is 0 Å². The number of ether oxygens (including phenoxy) is 2. The van der Waals surface area contributed by atoms with Gasteiger partial charge in [0, 0.05) is 41.4 Å². The monoisotopic (exact) mass is 716 g/mol. The largest absolute Gasteiger partial charge is 0.468 e. The molecule has 3 aliphatic heterocycles. The zero-order valence-electron chi connectivity index (χ0n) is 27.2. The van der Waals surface area contributed by atoms with Gasteiger partial charge in [-0.1, -0.05) is 38.1 Å². The van der Waals surface area contributed by atoms with Crippen molar-refractivity contribution in [2.45, 2.75) is 61.7 Å². The van der Waals surface area contributed by atoms with E-state index in [0.29, 0.717) is 12.0 Å². The number of morpholine rings is 1. The smallest absolute Gasteiger partial charge is 0.459 e. The topological polar surface area (TPSA) is 129 Å². The number of benzene rings is 2. The number of esters is 1. The molecule has 12 nitrogen and oxygen atoms in total. The Morgan fingerprint density at radius 2 is 1.94 bits per heavy atom. The molecule has 1 unspecified atom stereocenters. The van der Waals surface area contributed by atoms with Crippen LogP contribution in [-0.4, -0.2) is 66.1 Å². The fourth-order valence-electron chi connectivity index (χ4n) is 7.03. The molecule has 2 aromatic carbocycles. The van der Waals surface area contributed by atoms with Gasteiger partial charge in [0.15, 0.2) is 23.0 Å². The number of carbonyl (C=O) groups excluding carboxylic acids is 2. The maximum absolute atomic E-state index is 15.6. The fourth-order valence-corrected chi connectivity index (χ4v) is 9.82. The summed E-state index contributed by atoms with van der Waals surface area (Å²) in [4.78, 5) is 43.2. The number of aromatic nitrogens is 1. The molecule has 260 valence electrons. The molecule has 16 heteroatoms. The lowest BCUT2D eigenvalue weighted by Crippen LogP contribution is -2.68. The Bertz CT molecular complexity index is 1960. The van der Waals surface area contributed by atoms with Gasteiger partial charge in [-0.05, 0) is 36.1 Å². The number of hydrogen-bond acceptors (Lipinski definition) is 10. The number of carbonyl (C=O) groups is 2. The van der Waals surface area contributed by atoms with E-state index in [1.807, 2.05) is 29.3 Å². The average molecular weight is 717 g/mol. The lowest BCUT2D eigenvalue weighted by molar-refractivity contribution is -0.143. The molecule has 4 aliphatic rings. The fraction of sp³-hybridized carbons (Fsp3) is 0.424. The van der Waals surface area contributed by atoms with Crippen molar-refractivity contribution in [2.75, 3.05) is 31.9 Å². The maximum Gasteiger partial charge on any atom is 0.459 e. The maximum atomic E-state index is 15.6. The first kappa shape index (κ1) is 33.7. The van der Waals surface area contributed by atoms with Gasteiger partial charge in [-0.2, -0.15) is 5.09 Å². The number of thioether (sulfide) groups is 1. The Hall–Kier alpha value is -3.75. The van der Waals surface area contributed by atoms with Crippen molar-refractivity contribution in [2.24, 2.45) is 5.92 Å². The Morgan fingerprint density at radius 1 is 1.16 bits per heavy atom. The predicted octanol–water partition coefficient (Wildman–Crippen LogP) is 4.73. The normalized spacial score (nSPS) is 24.0. The standard InChI is InChI=1S/C33H35F2N4O8PS/c1-5-46-48(43,36-27(18(2)3)32(42)44-4)47-30-23(40)12-13-38-29(30)31(41)37-14-15-45-25-16-33(25,37)39(38)28-19-10-11-22(34)26(35)21(19)17-49-24-9-7-6-8-20(24)28/h6-13,18,25,27-28H,5,14-17H2,1-4H3,(H,36,43)/t25-,27+,28+,33-,48?/m1/s1. The SMILES string of the molecule is CCOP(=O)(N[C@H](C(=O)OC)C(C)C)Oc1c2n(ccc1=O)N([C@@H]1c3ccccc3SCc3c1ccc(F)c3F)[C@]13C[C@H]1OCCN3C2=O. The second kappa shape index (κ2) is 12.5. The number of methoxy groups -OCH3 is 1. The lowest BCUT2D eigenvalue weighted by Gasteiger charge is -2.52. The third-order valence-electron chi connectivity index (χ3n) is 9.34. The van der Waals surface area contributed by atoms with Crippen LogP contribution in [0.1, 0.15) is 60.4 Å². The van der Waals surface area contributed by atoms with Crippen LogP contribution in [-0.2, 0) is 29.1 Å². The number of nitrogens with one attached hydrogen (secondary N) is 1. The van der Waals surface area contributed by atoms with Gasteiger partial charge >= 0.3 is 13.7 Å². The summed E-state index contributed by atoms with van der Waals surface area (Å²) < 4.78 is 68.5. The zero-order chi connectivity index (χ0) is 34.8. The highest BCUT2D eigenvalue weighted by molar-refractivity contribution is 7.98. The first-order valence-electron chi connectivity index (χ1n) is 15.9. The highest BCUT2D eigenvalue weighted by atomic mass is 32.2. The lowest BCUT2D eigenvalue weighted by atomic mass is 9.92. The van der Waals surface area contributed by atoms with E-state index < -0.39 is 72.2 Å². The quantitative estimate of drug-likeness (QED) is 0.244. The predicted molar refractivity (Wildman–Crippen MR) is 175 cm³/mol. The van der Waals surface area contributed by atoms with Gasteiger partial charge < -0.3 is 18.9 Å². The summed E-state index contributed by atoms with van der Waals surface area (Å²) in [5, 5.41) is 4.49. The van der Waals surface area contributed by atoms with Crippen LogP contribution in [0.25, 0.3) is 0 Å². The molecule has 49 heavy (non-hydrogen) atoms. The van der Waals surface area contributed by atoms with E-state index in [-0.39, 0.29) is 36.8 Å². The summed E-state index contributed by atoms with van der Waals surface area (Å²) in [6.45, 7) is 5.21. The Kier molecular flexibility index (Phi) is 8.63. The molecule has 1 saturated heterocycles. The highest BCUT2D eigenvalue weighted by Crippen LogP contribution is 2.57. The first-order valence-corrected chi connectivity index (χ1v) is 18.5. The molecule has 0 bridgehead atoms. The molecular weight excluding hydrogens is 681 g/mol. The number of hydrogen-bond donors (Lipinski definition) is 1. The van der Waals surface area contributed by atoms with Crippen LogP contribution in [0.15, 0.2) is 58.4 Å². The van der Waals surface area contributed by atoms with Gasteiger partial charge in [-0.25, -0.2) is 13.3 Å². The molecule has 4 heterocycles. The molecule has 5 atom stereocenters. The van der Waals surface area contributed by atoms with E-state index in [0.717, 1.165) is 16.5 Å². The molecule has 0 radical (unpaired) electrons. The molecule has 1 N–H and O–H groups in total. The summed E-state index contributed by atoms with van der Waals surface area (Å²) in [6.07, 6.45) is 1.39. The van der Waals surface area contributed by atoms with Crippen molar-refractivity contribution in [3.63, 3.8) is 0 Å². The third-order valence-corrected chi connectivity index (χ3v) is 12.1. The van der Waals surface area contributed by atoms with E-state index in [9.17, 15) is 23.3 Å². The molecule has 7 rings (SSSR count). The molecule has 1 amide bonds. The Labute approximate surface area is 285 Å². The summed E-state index contributed by atoms with van der Waals surface area (Å²) in [5.41, 5.74) is -0.648. The van der Waals surface area contributed by atoms with Crippen molar-refractivity contribution < 1.29 is 41.5 Å². The molecule has 1 aliphatic carbocycles. The molecule has 2 fully saturated rings. The van der Waals surface area contributed by atoms with E-state index in [4.69, 9.17) is 18.5 Å². The van der Waals surface area contributed by atoms with Crippen molar-refractivity contribution in [1.82, 2.24) is 14.7 Å². The number of fused-ring (bicyclic) bond motifs is 3. The van der Waals surface area contributed by atoms with E-state index in [2.05, 4.69) is 5.09 Å². The molecular formula is C33H35F2N4O8PS. The minimum atomic E-state index is -4.51. The van der Waals surface area contributed by atoms with Crippen molar-refractivity contribution in [3.05, 3.63) is 92.9 Å². The molecule has 3 aromatic rings. The van der Waals surface area contributed by atoms with Crippen LogP contribution in [0.5, 0.6) is 5.75 Å². The van der Waals surface area contributed by atoms with Crippen LogP contribution in [0, 0.1) is 17.6 Å². The summed E-state index contributed by atoms with van der Waals surface area (Å²) >= 11 is 1.37. The minimum absolute atomic E-state index is 0.129. The molecule has 1 aromatic heterocycles. The third kappa shape index (κ3) is 5.37. The average Bonchev–Trinajstić information content (AvgIpc) is 3.85. The Morgan fingerprint density at radius 3 is 2.67 bits per heavy atom. The van der Waals surface area contributed by atoms with E-state index >= 15 is 4.39 Å². The van der Waals surface area contributed by atoms with Gasteiger partial charge in [0.25, 0.3) is 5.91 Å². The van der Waals surface area contributed by atoms with Crippen molar-refractivity contribution in [1.29, 1.82) is 0 Å². The van der Waals surface area contributed by atoms with Crippen molar-refractivity contribution in [3.8, 4) is 5.75 Å². The number of halogens is 2. The first-order chi connectivity index (χ1) is 23.5. The van der Waals surface area contributed by atoms with E-state index in [1.165, 1.54) is 35.8 Å². The van der Waals surface area contributed by atoms with Gasteiger partial charge in [0.1, 0.15) is 12.1 Å². The summed E-state index contributed by atoms with van der Waals surface area (Å²) in [6, 6.07) is 9.37. The van der Waals surface area contributed by atoms with Crippen molar-refractivity contribution >= 4 is 31.4 Å². The number of nitrogens with zero attached hydrogens (tertiary/aromatic N) is 3. The molecule has 1 spiro atoms. The number of amides is 1. The molecule has 1 saturated carbocycles. The van der Waals surface area contributed by atoms with E-state index in [1.54, 1.807) is 31.7 Å². The van der Waals surface area contributed by atoms with Gasteiger partial charge in [0.05, 0.1) is 26.4 Å².